The third-order valence-corrected chi connectivity index (χ3v) is 4.57. The maximum atomic E-state index is 6.02. The number of hydrogen-bond donors (Lipinski definition) is 0. The minimum Gasteiger partial charge on any atom is -0.121 e. The summed E-state index contributed by atoms with van der Waals surface area (Å²) in [4.78, 5) is 0. The smallest absolute Gasteiger partial charge is 0.0500 e. The van der Waals surface area contributed by atoms with Crippen molar-refractivity contribution in [2.45, 2.75) is 47.2 Å². The van der Waals surface area contributed by atoms with E-state index in [0.717, 1.165) is 25.7 Å². The van der Waals surface area contributed by atoms with Gasteiger partial charge >= 0.3 is 0 Å². The van der Waals surface area contributed by atoms with Crippen molar-refractivity contribution in [2.24, 2.45) is 0 Å². The highest BCUT2D eigenvalue weighted by Gasteiger charge is 2.26. The zero-order chi connectivity index (χ0) is 9.14. The second-order valence-corrected chi connectivity index (χ2v) is 5.46. The molecule has 0 amide bonds. The highest BCUT2D eigenvalue weighted by atomic mass is 35.5. The molecule has 1 aliphatic carbocycles. The highest BCUT2D eigenvalue weighted by Crippen LogP contribution is 2.30. The average Bonchev–Trinajstić information content (AvgIpc) is 2.07. The molecule has 0 spiro atoms. The molecular formula is C8H12Cl4. The predicted octanol–water partition coefficient (Wildman–Crippen LogP) is 3.99. The molecule has 0 nitrogen and oxygen atoms in total. The fourth-order valence-electron chi connectivity index (χ4n) is 1.36. The van der Waals surface area contributed by atoms with Crippen molar-refractivity contribution in [2.75, 3.05) is 0 Å². The Hall–Kier alpha value is 1.16. The van der Waals surface area contributed by atoms with Gasteiger partial charge in [0.1, 0.15) is 0 Å². The van der Waals surface area contributed by atoms with Gasteiger partial charge in [-0.15, -0.1) is 46.4 Å². The lowest BCUT2D eigenvalue weighted by atomic mass is 9.99. The molecule has 0 aliphatic heterocycles. The Morgan fingerprint density at radius 1 is 0.500 bits per heavy atom. The van der Waals surface area contributed by atoms with Gasteiger partial charge in [-0.05, 0) is 25.7 Å². The van der Waals surface area contributed by atoms with Gasteiger partial charge in [0.15, 0.2) is 0 Å². The van der Waals surface area contributed by atoms with Crippen LogP contribution in [0, 0.1) is 0 Å². The first-order valence-corrected chi connectivity index (χ1v) is 5.92. The van der Waals surface area contributed by atoms with Crippen LogP contribution in [0.5, 0.6) is 0 Å². The van der Waals surface area contributed by atoms with Crippen molar-refractivity contribution in [1.29, 1.82) is 0 Å². The topological polar surface area (TPSA) is 0 Å². The monoisotopic (exact) mass is 248 g/mol. The number of alkyl halides is 4. The van der Waals surface area contributed by atoms with Crippen LogP contribution in [0.2, 0.25) is 0 Å². The Kier molecular flexibility index (Phi) is 4.82. The van der Waals surface area contributed by atoms with E-state index in [1.807, 2.05) is 0 Å². The number of halogens is 4. The first kappa shape index (κ1) is 11.2. The van der Waals surface area contributed by atoms with E-state index in [9.17, 15) is 0 Å². The fourth-order valence-corrected chi connectivity index (χ4v) is 2.37. The number of rotatable bonds is 0. The summed E-state index contributed by atoms with van der Waals surface area (Å²) in [5.41, 5.74) is 0. The summed E-state index contributed by atoms with van der Waals surface area (Å²) in [5, 5.41) is 0.211. The maximum absolute atomic E-state index is 6.02. The average molecular weight is 250 g/mol. The van der Waals surface area contributed by atoms with Crippen LogP contribution in [0.1, 0.15) is 25.7 Å². The molecule has 0 aromatic rings. The first-order chi connectivity index (χ1) is 5.61. The lowest BCUT2D eigenvalue weighted by molar-refractivity contribution is 0.524. The van der Waals surface area contributed by atoms with Gasteiger partial charge in [-0.25, -0.2) is 0 Å². The zero-order valence-corrected chi connectivity index (χ0v) is 9.67. The van der Waals surface area contributed by atoms with Crippen LogP contribution in [0.3, 0.4) is 0 Å². The van der Waals surface area contributed by atoms with E-state index in [1.54, 1.807) is 0 Å². The van der Waals surface area contributed by atoms with E-state index >= 15 is 0 Å². The zero-order valence-electron chi connectivity index (χ0n) is 6.65. The summed E-state index contributed by atoms with van der Waals surface area (Å²) in [5.74, 6) is 0. The molecule has 1 fully saturated rings. The summed E-state index contributed by atoms with van der Waals surface area (Å²) in [6.45, 7) is 0. The van der Waals surface area contributed by atoms with Crippen molar-refractivity contribution in [1.82, 2.24) is 0 Å². The molecule has 0 radical (unpaired) electrons. The second kappa shape index (κ2) is 5.14. The lowest BCUT2D eigenvalue weighted by Gasteiger charge is -2.24. The molecule has 12 heavy (non-hydrogen) atoms. The van der Waals surface area contributed by atoms with Crippen LogP contribution in [0.25, 0.3) is 0 Å². The van der Waals surface area contributed by atoms with Gasteiger partial charge in [0.2, 0.25) is 0 Å². The fraction of sp³-hybridized carbons (Fsp3) is 1.00. The van der Waals surface area contributed by atoms with Crippen molar-refractivity contribution in [3.63, 3.8) is 0 Å². The molecular weight excluding hydrogens is 238 g/mol. The molecule has 0 aromatic heterocycles. The van der Waals surface area contributed by atoms with Gasteiger partial charge in [0.25, 0.3) is 0 Å². The lowest BCUT2D eigenvalue weighted by Crippen LogP contribution is -2.26. The molecule has 4 unspecified atom stereocenters. The van der Waals surface area contributed by atoms with Crippen LogP contribution in [0.4, 0.5) is 0 Å². The van der Waals surface area contributed by atoms with E-state index in [-0.39, 0.29) is 21.5 Å². The summed E-state index contributed by atoms with van der Waals surface area (Å²) in [7, 11) is 0. The summed E-state index contributed by atoms with van der Waals surface area (Å²) in [6.07, 6.45) is 3.47. The van der Waals surface area contributed by atoms with Crippen molar-refractivity contribution >= 4 is 46.4 Å². The minimum absolute atomic E-state index is 0.0529. The van der Waals surface area contributed by atoms with Gasteiger partial charge in [-0.1, -0.05) is 0 Å². The maximum Gasteiger partial charge on any atom is 0.0500 e. The number of hydrogen-bond acceptors (Lipinski definition) is 0. The molecule has 4 atom stereocenters. The highest BCUT2D eigenvalue weighted by molar-refractivity contribution is 6.31. The summed E-state index contributed by atoms with van der Waals surface area (Å²) < 4.78 is 0. The van der Waals surface area contributed by atoms with E-state index < -0.39 is 0 Å². The van der Waals surface area contributed by atoms with Gasteiger partial charge in [0, 0.05) is 21.5 Å². The van der Waals surface area contributed by atoms with E-state index in [1.165, 1.54) is 0 Å². The molecule has 0 aromatic carbocycles. The Bertz CT molecular complexity index is 107. The van der Waals surface area contributed by atoms with E-state index in [4.69, 9.17) is 46.4 Å². The van der Waals surface area contributed by atoms with Crippen LogP contribution >= 0.6 is 46.4 Å². The third kappa shape index (κ3) is 3.14. The molecule has 1 aliphatic rings. The van der Waals surface area contributed by atoms with Crippen LogP contribution in [-0.2, 0) is 0 Å². The van der Waals surface area contributed by atoms with Gasteiger partial charge in [-0.3, -0.25) is 0 Å². The van der Waals surface area contributed by atoms with E-state index in [2.05, 4.69) is 0 Å². The van der Waals surface area contributed by atoms with Crippen LogP contribution in [0.15, 0.2) is 0 Å². The Morgan fingerprint density at radius 2 is 0.667 bits per heavy atom. The van der Waals surface area contributed by atoms with Gasteiger partial charge in [-0.2, -0.15) is 0 Å². The molecule has 0 bridgehead atoms. The minimum atomic E-state index is 0.0529. The molecule has 4 heteroatoms. The van der Waals surface area contributed by atoms with Crippen LogP contribution < -0.4 is 0 Å². The van der Waals surface area contributed by atoms with Gasteiger partial charge < -0.3 is 0 Å². The predicted molar refractivity (Wildman–Crippen MR) is 57.0 cm³/mol. The van der Waals surface area contributed by atoms with E-state index in [0.29, 0.717) is 0 Å². The quantitative estimate of drug-likeness (QED) is 0.570. The molecule has 0 heterocycles. The molecule has 1 saturated carbocycles. The summed E-state index contributed by atoms with van der Waals surface area (Å²) >= 11 is 24.1. The first-order valence-electron chi connectivity index (χ1n) is 4.17. The normalized spacial score (nSPS) is 45.0. The molecule has 0 N–H and O–H groups in total. The standard InChI is InChI=1S/C8H12Cl4/c9-5-1-2-6(10)8(12)4-3-7(5)11/h5-8H,1-4H2. The summed E-state index contributed by atoms with van der Waals surface area (Å²) in [6, 6.07) is 0. The SMILES string of the molecule is ClC1CCC(Cl)C(Cl)CCC1Cl. The molecule has 1 rings (SSSR count). The Labute approximate surface area is 93.5 Å². The molecule has 0 saturated heterocycles. The Balaban J connectivity index is 2.45. The van der Waals surface area contributed by atoms with Crippen molar-refractivity contribution < 1.29 is 0 Å². The largest absolute Gasteiger partial charge is 0.121 e. The third-order valence-electron chi connectivity index (χ3n) is 2.22. The van der Waals surface area contributed by atoms with Gasteiger partial charge in [0.05, 0.1) is 0 Å². The van der Waals surface area contributed by atoms with Crippen molar-refractivity contribution in [3.8, 4) is 0 Å². The van der Waals surface area contributed by atoms with Crippen molar-refractivity contribution in [3.05, 3.63) is 0 Å². The molecule has 72 valence electrons. The van der Waals surface area contributed by atoms with Crippen LogP contribution in [-0.4, -0.2) is 21.5 Å². The Morgan fingerprint density at radius 3 is 0.833 bits per heavy atom. The second-order valence-electron chi connectivity index (χ2n) is 3.22.